The van der Waals surface area contributed by atoms with Crippen LogP contribution in [0.25, 0.3) is 0 Å². The first kappa shape index (κ1) is 17.9. The van der Waals surface area contributed by atoms with Crippen molar-refractivity contribution in [1.29, 1.82) is 0 Å². The molecule has 0 radical (unpaired) electrons. The van der Waals surface area contributed by atoms with Crippen molar-refractivity contribution in [3.8, 4) is 0 Å². The molecule has 0 aliphatic carbocycles. The zero-order chi connectivity index (χ0) is 16.2. The normalized spacial score (nSPS) is 11.0. The Morgan fingerprint density at radius 2 is 1.59 bits per heavy atom. The van der Waals surface area contributed by atoms with Gasteiger partial charge in [0.2, 0.25) is 0 Å². The topological polar surface area (TPSA) is 66.8 Å². The fourth-order valence-corrected chi connectivity index (χ4v) is 1.57. The average Bonchev–Trinajstić information content (AvgIpc) is 2.55. The van der Waals surface area contributed by atoms with Gasteiger partial charge >= 0.3 is 5.97 Å². The first-order valence-electron chi connectivity index (χ1n) is 7.18. The predicted octanol–water partition coefficient (Wildman–Crippen LogP) is 2.79. The molecule has 0 saturated heterocycles. The summed E-state index contributed by atoms with van der Waals surface area (Å²) >= 11 is 0. The van der Waals surface area contributed by atoms with Crippen molar-refractivity contribution in [3.63, 3.8) is 0 Å². The Hall–Kier alpha value is -2.17. The molecule has 0 aliphatic heterocycles. The van der Waals surface area contributed by atoms with Gasteiger partial charge in [-0.05, 0) is 31.0 Å². The van der Waals surface area contributed by atoms with E-state index in [2.05, 4.69) is 0 Å². The number of hydrogen-bond donors (Lipinski definition) is 2. The lowest BCUT2D eigenvalue weighted by molar-refractivity contribution is 0.0472. The maximum absolute atomic E-state index is 11.6. The zero-order valence-corrected chi connectivity index (χ0v) is 12.7. The molecular formula is C18H22O4. The second-order valence-electron chi connectivity index (χ2n) is 4.79. The van der Waals surface area contributed by atoms with E-state index in [9.17, 15) is 4.79 Å². The van der Waals surface area contributed by atoms with Gasteiger partial charge in [0.05, 0.1) is 11.7 Å². The van der Waals surface area contributed by atoms with E-state index in [-0.39, 0.29) is 18.7 Å². The number of aliphatic hydroxyl groups is 2. The highest BCUT2D eigenvalue weighted by atomic mass is 16.5. The minimum atomic E-state index is -0.352. The molecular weight excluding hydrogens is 280 g/mol. The molecule has 0 bridgehead atoms. The lowest BCUT2D eigenvalue weighted by Crippen LogP contribution is -2.04. The number of esters is 1. The van der Waals surface area contributed by atoms with Crippen LogP contribution in [0, 0.1) is 0 Å². The maximum Gasteiger partial charge on any atom is 0.338 e. The Labute approximate surface area is 131 Å². The fourth-order valence-electron chi connectivity index (χ4n) is 1.57. The van der Waals surface area contributed by atoms with Gasteiger partial charge in [0.25, 0.3) is 0 Å². The lowest BCUT2D eigenvalue weighted by atomic mass is 10.2. The summed E-state index contributed by atoms with van der Waals surface area (Å²) in [5, 5.41) is 16.5. The Balaban J connectivity index is 0.000000346. The van der Waals surface area contributed by atoms with Crippen molar-refractivity contribution in [1.82, 2.24) is 0 Å². The van der Waals surface area contributed by atoms with Gasteiger partial charge in [0, 0.05) is 6.61 Å². The number of ether oxygens (including phenoxy) is 1. The van der Waals surface area contributed by atoms with Crippen LogP contribution in [0.15, 0.2) is 60.7 Å². The van der Waals surface area contributed by atoms with Crippen LogP contribution in [-0.4, -0.2) is 28.9 Å². The first-order valence-corrected chi connectivity index (χ1v) is 7.18. The summed E-state index contributed by atoms with van der Waals surface area (Å²) in [6, 6.07) is 18.6. The molecule has 0 aromatic heterocycles. The summed E-state index contributed by atoms with van der Waals surface area (Å²) < 4.78 is 5.18. The van der Waals surface area contributed by atoms with E-state index in [1.54, 1.807) is 19.1 Å². The van der Waals surface area contributed by atoms with E-state index in [1.807, 2.05) is 48.5 Å². The molecule has 2 aromatic rings. The molecule has 4 heteroatoms. The number of hydrogen-bond acceptors (Lipinski definition) is 4. The predicted molar refractivity (Wildman–Crippen MR) is 85.4 cm³/mol. The lowest BCUT2D eigenvalue weighted by Gasteiger charge is -2.04. The van der Waals surface area contributed by atoms with Crippen LogP contribution in [0.5, 0.6) is 0 Å². The van der Waals surface area contributed by atoms with Gasteiger partial charge in [0.1, 0.15) is 6.61 Å². The van der Waals surface area contributed by atoms with E-state index in [0.717, 1.165) is 5.56 Å². The number of benzene rings is 2. The van der Waals surface area contributed by atoms with Crippen molar-refractivity contribution >= 4 is 5.97 Å². The van der Waals surface area contributed by atoms with Crippen LogP contribution in [0.3, 0.4) is 0 Å². The van der Waals surface area contributed by atoms with Crippen molar-refractivity contribution in [2.75, 3.05) is 6.61 Å². The monoisotopic (exact) mass is 302 g/mol. The molecule has 1 atom stereocenters. The van der Waals surface area contributed by atoms with Crippen molar-refractivity contribution in [2.45, 2.75) is 26.1 Å². The Bertz CT molecular complexity index is 523. The highest BCUT2D eigenvalue weighted by Gasteiger charge is 2.05. The van der Waals surface area contributed by atoms with Gasteiger partial charge in [-0.25, -0.2) is 4.79 Å². The molecule has 0 amide bonds. The molecule has 2 rings (SSSR count). The van der Waals surface area contributed by atoms with Crippen LogP contribution in [0.1, 0.15) is 29.3 Å². The summed E-state index contributed by atoms with van der Waals surface area (Å²) in [5.74, 6) is -0.288. The molecule has 118 valence electrons. The second-order valence-corrected chi connectivity index (χ2v) is 4.79. The number of rotatable bonds is 5. The molecule has 0 saturated carbocycles. The standard InChI is InChI=1S/C14H12O2.C4H10O2/c15-14(13-9-5-2-6-10-13)16-11-12-7-3-1-4-8-12;1-4(6)2-3-5/h1-10H,11H2;4-6H,2-3H2,1H3. The second kappa shape index (κ2) is 10.5. The van der Waals surface area contributed by atoms with Crippen LogP contribution in [0.2, 0.25) is 0 Å². The molecule has 2 N–H and O–H groups in total. The molecule has 1 unspecified atom stereocenters. The third kappa shape index (κ3) is 7.57. The highest BCUT2D eigenvalue weighted by molar-refractivity contribution is 5.89. The van der Waals surface area contributed by atoms with Crippen molar-refractivity contribution in [3.05, 3.63) is 71.8 Å². The van der Waals surface area contributed by atoms with Crippen LogP contribution in [0.4, 0.5) is 0 Å². The quantitative estimate of drug-likeness (QED) is 0.834. The molecule has 0 spiro atoms. The van der Waals surface area contributed by atoms with Gasteiger partial charge in [-0.2, -0.15) is 0 Å². The zero-order valence-electron chi connectivity index (χ0n) is 12.7. The van der Waals surface area contributed by atoms with Gasteiger partial charge in [-0.1, -0.05) is 48.5 Å². The summed E-state index contributed by atoms with van der Waals surface area (Å²) in [5.41, 5.74) is 1.57. The van der Waals surface area contributed by atoms with E-state index in [0.29, 0.717) is 18.6 Å². The summed E-state index contributed by atoms with van der Waals surface area (Å²) in [7, 11) is 0. The molecule has 4 nitrogen and oxygen atoms in total. The Kier molecular flexibility index (Phi) is 8.57. The number of carbonyl (C=O) groups is 1. The summed E-state index contributed by atoms with van der Waals surface area (Å²) in [6.45, 7) is 2.04. The molecule has 0 heterocycles. The van der Waals surface area contributed by atoms with Gasteiger partial charge in [0.15, 0.2) is 0 Å². The van der Waals surface area contributed by atoms with Gasteiger partial charge in [-0.3, -0.25) is 0 Å². The smallest absolute Gasteiger partial charge is 0.338 e. The SMILES string of the molecule is CC(O)CCO.O=C(OCc1ccccc1)c1ccccc1. The number of carbonyl (C=O) groups excluding carboxylic acids is 1. The molecule has 0 aliphatic rings. The van der Waals surface area contributed by atoms with Crippen molar-refractivity contribution in [2.24, 2.45) is 0 Å². The average molecular weight is 302 g/mol. The van der Waals surface area contributed by atoms with E-state index < -0.39 is 0 Å². The summed E-state index contributed by atoms with van der Waals surface area (Å²) in [6.07, 6.45) is 0.134. The Morgan fingerprint density at radius 3 is 2.05 bits per heavy atom. The van der Waals surface area contributed by atoms with Crippen molar-refractivity contribution < 1.29 is 19.7 Å². The largest absolute Gasteiger partial charge is 0.457 e. The van der Waals surface area contributed by atoms with Crippen LogP contribution >= 0.6 is 0 Å². The molecule has 22 heavy (non-hydrogen) atoms. The minimum absolute atomic E-state index is 0.0810. The number of aliphatic hydroxyl groups excluding tert-OH is 2. The molecule has 2 aromatic carbocycles. The van der Waals surface area contributed by atoms with E-state index in [4.69, 9.17) is 14.9 Å². The van der Waals surface area contributed by atoms with E-state index >= 15 is 0 Å². The third-order valence-electron chi connectivity index (χ3n) is 2.77. The minimum Gasteiger partial charge on any atom is -0.457 e. The van der Waals surface area contributed by atoms with Crippen LogP contribution < -0.4 is 0 Å². The first-order chi connectivity index (χ1) is 10.6. The third-order valence-corrected chi connectivity index (χ3v) is 2.77. The summed E-state index contributed by atoms with van der Waals surface area (Å²) in [4.78, 5) is 11.6. The maximum atomic E-state index is 11.6. The molecule has 0 fully saturated rings. The van der Waals surface area contributed by atoms with Gasteiger partial charge in [-0.15, -0.1) is 0 Å². The van der Waals surface area contributed by atoms with E-state index in [1.165, 1.54) is 0 Å². The Morgan fingerprint density at radius 1 is 1.05 bits per heavy atom. The van der Waals surface area contributed by atoms with Gasteiger partial charge < -0.3 is 14.9 Å². The highest BCUT2D eigenvalue weighted by Crippen LogP contribution is 2.05. The van der Waals surface area contributed by atoms with Crippen LogP contribution in [-0.2, 0) is 11.3 Å². The fraction of sp³-hybridized carbons (Fsp3) is 0.278.